The molecule has 0 aromatic heterocycles. The summed E-state index contributed by atoms with van der Waals surface area (Å²) in [6.45, 7) is 7.51. The van der Waals surface area contributed by atoms with Gasteiger partial charge in [0.2, 0.25) is 0 Å². The third kappa shape index (κ3) is 5.20. The maximum atomic E-state index is 13.8. The molecule has 3 nitrogen and oxygen atoms in total. The molecule has 0 amide bonds. The fraction of sp³-hybridized carbons (Fsp3) is 0.647. The van der Waals surface area contributed by atoms with Crippen LogP contribution in [0.25, 0.3) is 0 Å². The Hall–Kier alpha value is -1.29. The first-order valence-electron chi connectivity index (χ1n) is 7.87. The fourth-order valence-corrected chi connectivity index (χ4v) is 2.63. The first kappa shape index (κ1) is 17.8. The van der Waals surface area contributed by atoms with Crippen molar-refractivity contribution in [2.75, 3.05) is 33.9 Å². The van der Waals surface area contributed by atoms with Crippen LogP contribution in [-0.4, -0.2) is 38.8 Å². The van der Waals surface area contributed by atoms with Gasteiger partial charge in [0, 0.05) is 0 Å². The lowest BCUT2D eigenvalue weighted by molar-refractivity contribution is 0.331. The van der Waals surface area contributed by atoms with Gasteiger partial charge in [0.15, 0.2) is 17.3 Å². The summed E-state index contributed by atoms with van der Waals surface area (Å²) >= 11 is 0. The van der Waals surface area contributed by atoms with E-state index in [4.69, 9.17) is 9.47 Å². The van der Waals surface area contributed by atoms with Crippen LogP contribution in [0.15, 0.2) is 12.1 Å². The van der Waals surface area contributed by atoms with Crippen LogP contribution in [0, 0.1) is 5.82 Å². The molecule has 0 bridgehead atoms. The summed E-state index contributed by atoms with van der Waals surface area (Å²) in [5.41, 5.74) is 0.967. The van der Waals surface area contributed by atoms with E-state index in [0.717, 1.165) is 24.9 Å². The predicted molar refractivity (Wildman–Crippen MR) is 84.8 cm³/mol. The van der Waals surface area contributed by atoms with Gasteiger partial charge in [-0.3, -0.25) is 0 Å². The van der Waals surface area contributed by atoms with Gasteiger partial charge < -0.3 is 14.4 Å². The Morgan fingerprint density at radius 2 is 1.76 bits per heavy atom. The number of hydrogen-bond acceptors (Lipinski definition) is 3. The quantitative estimate of drug-likeness (QED) is 0.795. The zero-order chi connectivity index (χ0) is 15.7. The summed E-state index contributed by atoms with van der Waals surface area (Å²) in [5, 5.41) is 0. The molecule has 2 rings (SSSR count). The Morgan fingerprint density at radius 3 is 2.33 bits per heavy atom. The number of aryl methyl sites for hydroxylation is 1. The molecular weight excluding hydrogens is 269 g/mol. The highest BCUT2D eigenvalue weighted by molar-refractivity contribution is 5.44. The highest BCUT2D eigenvalue weighted by Crippen LogP contribution is 2.31. The van der Waals surface area contributed by atoms with Crippen LogP contribution in [0.1, 0.15) is 38.7 Å². The van der Waals surface area contributed by atoms with E-state index in [9.17, 15) is 4.39 Å². The molecule has 0 atom stereocenters. The number of rotatable bonds is 6. The maximum absolute atomic E-state index is 13.8. The van der Waals surface area contributed by atoms with Crippen LogP contribution in [0.3, 0.4) is 0 Å². The molecule has 1 heterocycles. The van der Waals surface area contributed by atoms with Gasteiger partial charge in [-0.25, -0.2) is 4.39 Å². The minimum atomic E-state index is -0.349. The topological polar surface area (TPSA) is 21.7 Å². The van der Waals surface area contributed by atoms with Crippen molar-refractivity contribution in [1.82, 2.24) is 4.90 Å². The molecule has 0 aliphatic carbocycles. The summed E-state index contributed by atoms with van der Waals surface area (Å²) in [7, 11) is 2.99. The van der Waals surface area contributed by atoms with E-state index in [2.05, 4.69) is 4.90 Å². The average Bonchev–Trinajstić information content (AvgIpc) is 3.02. The van der Waals surface area contributed by atoms with Crippen LogP contribution >= 0.6 is 0 Å². The van der Waals surface area contributed by atoms with E-state index in [1.807, 2.05) is 19.9 Å². The largest absolute Gasteiger partial charge is 0.493 e. The first-order valence-corrected chi connectivity index (χ1v) is 7.87. The molecule has 0 saturated carbocycles. The highest BCUT2D eigenvalue weighted by Gasteiger charge is 2.13. The Morgan fingerprint density at radius 1 is 1.10 bits per heavy atom. The molecule has 1 aliphatic rings. The van der Waals surface area contributed by atoms with E-state index in [0.29, 0.717) is 5.75 Å². The van der Waals surface area contributed by atoms with E-state index < -0.39 is 0 Å². The monoisotopic (exact) mass is 297 g/mol. The molecule has 1 aromatic rings. The zero-order valence-electron chi connectivity index (χ0n) is 13.7. The molecule has 0 N–H and O–H groups in total. The molecular formula is C17H28FNO2. The van der Waals surface area contributed by atoms with Gasteiger partial charge in [-0.15, -0.1) is 0 Å². The number of hydrogen-bond donors (Lipinski definition) is 0. The predicted octanol–water partition coefficient (Wildman–Crippen LogP) is 3.90. The molecule has 1 aromatic carbocycles. The second-order valence-electron chi connectivity index (χ2n) is 4.97. The molecule has 0 radical (unpaired) electrons. The molecule has 1 aliphatic heterocycles. The zero-order valence-corrected chi connectivity index (χ0v) is 13.7. The lowest BCUT2D eigenvalue weighted by atomic mass is 10.1. The SMILES string of the molecule is CC.COc1cc(CCCN2CCCC2)cc(F)c1OC. The summed E-state index contributed by atoms with van der Waals surface area (Å²) in [6.07, 6.45) is 4.54. The standard InChI is InChI=1S/C15H22FNO2.C2H6/c1-18-14-11-12(10-13(16)15(14)19-2)6-5-9-17-7-3-4-8-17;1-2/h10-11H,3-9H2,1-2H3;1-2H3. The van der Waals surface area contributed by atoms with Crippen LogP contribution in [0.2, 0.25) is 0 Å². The van der Waals surface area contributed by atoms with Crippen molar-refractivity contribution in [2.45, 2.75) is 39.5 Å². The lowest BCUT2D eigenvalue weighted by Crippen LogP contribution is -2.20. The molecule has 1 fully saturated rings. The van der Waals surface area contributed by atoms with E-state index >= 15 is 0 Å². The van der Waals surface area contributed by atoms with Gasteiger partial charge in [-0.05, 0) is 63.0 Å². The highest BCUT2D eigenvalue weighted by atomic mass is 19.1. The maximum Gasteiger partial charge on any atom is 0.196 e. The smallest absolute Gasteiger partial charge is 0.196 e. The van der Waals surface area contributed by atoms with Gasteiger partial charge >= 0.3 is 0 Å². The van der Waals surface area contributed by atoms with Crippen molar-refractivity contribution >= 4 is 0 Å². The van der Waals surface area contributed by atoms with E-state index in [1.54, 1.807) is 6.07 Å². The molecule has 120 valence electrons. The van der Waals surface area contributed by atoms with Gasteiger partial charge in [0.25, 0.3) is 0 Å². The van der Waals surface area contributed by atoms with Crippen LogP contribution in [-0.2, 0) is 6.42 Å². The van der Waals surface area contributed by atoms with E-state index in [1.165, 1.54) is 40.2 Å². The van der Waals surface area contributed by atoms with Crippen molar-refractivity contribution in [2.24, 2.45) is 0 Å². The minimum Gasteiger partial charge on any atom is -0.493 e. The van der Waals surface area contributed by atoms with Gasteiger partial charge in [0.1, 0.15) is 0 Å². The molecule has 21 heavy (non-hydrogen) atoms. The van der Waals surface area contributed by atoms with Gasteiger partial charge in [0.05, 0.1) is 14.2 Å². The molecule has 1 saturated heterocycles. The first-order chi connectivity index (χ1) is 10.2. The number of halogens is 1. The summed E-state index contributed by atoms with van der Waals surface area (Å²) in [4.78, 5) is 2.47. The Kier molecular flexibility index (Phi) is 8.13. The Labute approximate surface area is 128 Å². The number of nitrogens with zero attached hydrogens (tertiary/aromatic N) is 1. The van der Waals surface area contributed by atoms with Crippen molar-refractivity contribution < 1.29 is 13.9 Å². The van der Waals surface area contributed by atoms with Gasteiger partial charge in [-0.2, -0.15) is 0 Å². The Bertz CT molecular complexity index is 417. The van der Waals surface area contributed by atoms with Crippen LogP contribution in [0.5, 0.6) is 11.5 Å². The summed E-state index contributed by atoms with van der Waals surface area (Å²) in [6, 6.07) is 3.41. The molecule has 0 spiro atoms. The Balaban J connectivity index is 0.00000106. The van der Waals surface area contributed by atoms with Gasteiger partial charge in [-0.1, -0.05) is 13.8 Å². The number of benzene rings is 1. The second kappa shape index (κ2) is 9.61. The number of likely N-dealkylation sites (tertiary alicyclic amines) is 1. The third-order valence-electron chi connectivity index (χ3n) is 3.63. The average molecular weight is 297 g/mol. The van der Waals surface area contributed by atoms with Crippen molar-refractivity contribution in [3.63, 3.8) is 0 Å². The van der Waals surface area contributed by atoms with Crippen molar-refractivity contribution in [3.8, 4) is 11.5 Å². The summed E-state index contributed by atoms with van der Waals surface area (Å²) in [5.74, 6) is 0.308. The number of ether oxygens (including phenoxy) is 2. The normalized spacial score (nSPS) is 14.5. The van der Waals surface area contributed by atoms with Crippen LogP contribution in [0.4, 0.5) is 4.39 Å². The lowest BCUT2D eigenvalue weighted by Gasteiger charge is -2.15. The summed E-state index contributed by atoms with van der Waals surface area (Å²) < 4.78 is 24.0. The van der Waals surface area contributed by atoms with Crippen molar-refractivity contribution in [1.29, 1.82) is 0 Å². The van der Waals surface area contributed by atoms with E-state index in [-0.39, 0.29) is 11.6 Å². The molecule has 0 unspecified atom stereocenters. The third-order valence-corrected chi connectivity index (χ3v) is 3.63. The van der Waals surface area contributed by atoms with Crippen LogP contribution < -0.4 is 9.47 Å². The molecule has 4 heteroatoms. The fourth-order valence-electron chi connectivity index (χ4n) is 2.63. The number of methoxy groups -OCH3 is 2. The van der Waals surface area contributed by atoms with Crippen molar-refractivity contribution in [3.05, 3.63) is 23.5 Å². The second-order valence-corrected chi connectivity index (χ2v) is 4.97. The minimum absolute atomic E-state index is 0.186.